The van der Waals surface area contributed by atoms with Gasteiger partial charge in [0, 0.05) is 29.9 Å². The fraction of sp³-hybridized carbons (Fsp3) is 0.0476. The largest absolute Gasteiger partial charge is 0.403 e. The number of hydrogen-bond acceptors (Lipinski definition) is 7. The van der Waals surface area contributed by atoms with E-state index >= 15 is 0 Å². The van der Waals surface area contributed by atoms with Gasteiger partial charge in [0.2, 0.25) is 11.7 Å². The summed E-state index contributed by atoms with van der Waals surface area (Å²) in [4.78, 5) is 9.16. The molecule has 0 fully saturated rings. The average molecular weight is 470 g/mol. The standard InChI is InChI=1S/C21H14Cl2FN7O/c1-26-21-30-29-19(32-21)12-5-3-2-4-11(12)17-18(25)31-7-6-15(27-20(31)28-17)16-13(22)8-10(24)9-14(16)23/h2-9H,25H2,1H3,(H,26,30). The molecule has 0 saturated carbocycles. The fourth-order valence-electron chi connectivity index (χ4n) is 3.38. The number of rotatable bonds is 4. The van der Waals surface area contributed by atoms with Crippen molar-refractivity contribution in [2.24, 2.45) is 0 Å². The molecule has 0 atom stereocenters. The third-order valence-electron chi connectivity index (χ3n) is 4.85. The molecule has 32 heavy (non-hydrogen) atoms. The van der Waals surface area contributed by atoms with Gasteiger partial charge in [-0.15, -0.1) is 5.10 Å². The summed E-state index contributed by atoms with van der Waals surface area (Å²) in [6.45, 7) is 0. The summed E-state index contributed by atoms with van der Waals surface area (Å²) in [5, 5.41) is 11.1. The van der Waals surface area contributed by atoms with Crippen molar-refractivity contribution in [1.29, 1.82) is 0 Å². The molecule has 0 aliphatic heterocycles. The van der Waals surface area contributed by atoms with Gasteiger partial charge in [0.15, 0.2) is 0 Å². The number of aromatic nitrogens is 5. The molecule has 160 valence electrons. The minimum absolute atomic E-state index is 0.147. The van der Waals surface area contributed by atoms with Crippen molar-refractivity contribution in [1.82, 2.24) is 24.6 Å². The van der Waals surface area contributed by atoms with E-state index in [4.69, 9.17) is 33.4 Å². The second-order valence-corrected chi connectivity index (χ2v) is 7.60. The predicted molar refractivity (Wildman–Crippen MR) is 121 cm³/mol. The molecule has 5 aromatic rings. The summed E-state index contributed by atoms with van der Waals surface area (Å²) in [6.07, 6.45) is 1.70. The molecule has 0 spiro atoms. The molecule has 0 amide bonds. The molecule has 0 bridgehead atoms. The number of benzene rings is 2. The number of halogens is 3. The third kappa shape index (κ3) is 3.31. The van der Waals surface area contributed by atoms with Crippen molar-refractivity contribution < 1.29 is 8.81 Å². The first-order chi connectivity index (χ1) is 15.5. The molecule has 3 N–H and O–H groups in total. The van der Waals surface area contributed by atoms with Gasteiger partial charge in [-0.2, -0.15) is 0 Å². The molecule has 11 heteroatoms. The zero-order valence-electron chi connectivity index (χ0n) is 16.5. The number of imidazole rings is 1. The van der Waals surface area contributed by atoms with Gasteiger partial charge in [0.1, 0.15) is 17.3 Å². The maximum Gasteiger partial charge on any atom is 0.315 e. The molecule has 5 rings (SSSR count). The quantitative estimate of drug-likeness (QED) is 0.373. The van der Waals surface area contributed by atoms with Crippen LogP contribution in [0, 0.1) is 5.82 Å². The number of anilines is 2. The Bertz CT molecular complexity index is 1460. The van der Waals surface area contributed by atoms with Crippen molar-refractivity contribution in [2.45, 2.75) is 0 Å². The Labute approximate surface area is 190 Å². The lowest BCUT2D eigenvalue weighted by atomic mass is 10.0. The van der Waals surface area contributed by atoms with E-state index in [2.05, 4.69) is 25.5 Å². The highest BCUT2D eigenvalue weighted by molar-refractivity contribution is 6.39. The molecule has 3 aromatic heterocycles. The first-order valence-corrected chi connectivity index (χ1v) is 10.1. The molecular formula is C21H14Cl2FN7O. The highest BCUT2D eigenvalue weighted by Crippen LogP contribution is 2.37. The van der Waals surface area contributed by atoms with Crippen LogP contribution in [0.2, 0.25) is 10.0 Å². The van der Waals surface area contributed by atoms with Crippen LogP contribution in [0.5, 0.6) is 0 Å². The van der Waals surface area contributed by atoms with Crippen LogP contribution in [-0.4, -0.2) is 31.6 Å². The Morgan fingerprint density at radius 1 is 1.03 bits per heavy atom. The second kappa shape index (κ2) is 7.77. The predicted octanol–water partition coefficient (Wildman–Crippen LogP) is 5.18. The van der Waals surface area contributed by atoms with Crippen LogP contribution >= 0.6 is 23.2 Å². The zero-order valence-corrected chi connectivity index (χ0v) is 18.0. The Morgan fingerprint density at radius 3 is 2.44 bits per heavy atom. The van der Waals surface area contributed by atoms with E-state index in [-0.39, 0.29) is 16.1 Å². The van der Waals surface area contributed by atoms with Crippen LogP contribution < -0.4 is 11.1 Å². The number of fused-ring (bicyclic) bond motifs is 1. The molecule has 0 aliphatic rings. The van der Waals surface area contributed by atoms with Gasteiger partial charge in [-0.25, -0.2) is 14.4 Å². The van der Waals surface area contributed by atoms with Gasteiger partial charge in [0.25, 0.3) is 0 Å². The lowest BCUT2D eigenvalue weighted by molar-refractivity contribution is 0.585. The van der Waals surface area contributed by atoms with Gasteiger partial charge >= 0.3 is 6.01 Å². The smallest absolute Gasteiger partial charge is 0.315 e. The van der Waals surface area contributed by atoms with E-state index in [1.54, 1.807) is 23.7 Å². The van der Waals surface area contributed by atoms with Crippen molar-refractivity contribution in [2.75, 3.05) is 18.1 Å². The third-order valence-corrected chi connectivity index (χ3v) is 5.44. The van der Waals surface area contributed by atoms with Gasteiger partial charge < -0.3 is 15.5 Å². The van der Waals surface area contributed by atoms with Crippen molar-refractivity contribution >= 4 is 40.8 Å². The van der Waals surface area contributed by atoms with Crippen LogP contribution in [0.1, 0.15) is 0 Å². The lowest BCUT2D eigenvalue weighted by Crippen LogP contribution is -1.97. The summed E-state index contributed by atoms with van der Waals surface area (Å²) in [7, 11) is 1.69. The number of hydrogen-bond donors (Lipinski definition) is 2. The highest BCUT2D eigenvalue weighted by atomic mass is 35.5. The van der Waals surface area contributed by atoms with E-state index in [9.17, 15) is 4.39 Å². The van der Waals surface area contributed by atoms with Gasteiger partial charge in [-0.3, -0.25) is 4.40 Å². The zero-order chi connectivity index (χ0) is 22.4. The average Bonchev–Trinajstić information content (AvgIpc) is 3.38. The number of nitrogens with one attached hydrogen (secondary N) is 1. The van der Waals surface area contributed by atoms with E-state index in [0.717, 1.165) is 0 Å². The van der Waals surface area contributed by atoms with Crippen molar-refractivity contribution in [3.05, 3.63) is 64.5 Å². The number of nitrogens with two attached hydrogens (primary N) is 1. The lowest BCUT2D eigenvalue weighted by Gasteiger charge is -2.07. The fourth-order valence-corrected chi connectivity index (χ4v) is 4.04. The number of nitrogens with zero attached hydrogens (tertiary/aromatic N) is 5. The Hall–Kier alpha value is -3.69. The number of nitrogen functional groups attached to an aromatic ring is 1. The topological polar surface area (TPSA) is 107 Å². The van der Waals surface area contributed by atoms with E-state index < -0.39 is 5.82 Å². The summed E-state index contributed by atoms with van der Waals surface area (Å²) < 4.78 is 20.8. The van der Waals surface area contributed by atoms with Crippen LogP contribution in [0.3, 0.4) is 0 Å². The Balaban J connectivity index is 1.66. The highest BCUT2D eigenvalue weighted by Gasteiger charge is 2.20. The summed E-state index contributed by atoms with van der Waals surface area (Å²) in [5.74, 6) is 0.482. The minimum Gasteiger partial charge on any atom is -0.403 e. The van der Waals surface area contributed by atoms with Crippen LogP contribution in [0.4, 0.5) is 16.2 Å². The minimum atomic E-state index is -0.531. The SMILES string of the molecule is CNc1nnc(-c2ccccc2-c2nc3nc(-c4c(Cl)cc(F)cc4Cl)ccn3c2N)o1. The first-order valence-electron chi connectivity index (χ1n) is 9.36. The van der Waals surface area contributed by atoms with E-state index in [0.29, 0.717) is 45.6 Å². The molecule has 3 heterocycles. The summed E-state index contributed by atoms with van der Waals surface area (Å²) >= 11 is 12.4. The maximum atomic E-state index is 13.6. The van der Waals surface area contributed by atoms with Crippen LogP contribution in [0.25, 0.3) is 39.7 Å². The first kappa shape index (κ1) is 20.2. The second-order valence-electron chi connectivity index (χ2n) is 6.78. The van der Waals surface area contributed by atoms with Gasteiger partial charge in [-0.1, -0.05) is 46.5 Å². The van der Waals surface area contributed by atoms with Crippen LogP contribution in [0.15, 0.2) is 53.1 Å². The molecule has 0 saturated heterocycles. The molecule has 0 radical (unpaired) electrons. The van der Waals surface area contributed by atoms with E-state index in [1.807, 2.05) is 24.3 Å². The molecule has 0 unspecified atom stereocenters. The van der Waals surface area contributed by atoms with Crippen LogP contribution in [-0.2, 0) is 0 Å². The summed E-state index contributed by atoms with van der Waals surface area (Å²) in [6, 6.07) is 11.7. The van der Waals surface area contributed by atoms with E-state index in [1.165, 1.54) is 12.1 Å². The maximum absolute atomic E-state index is 13.6. The molecular weight excluding hydrogens is 456 g/mol. The molecule has 0 aliphatic carbocycles. The Kier molecular flexibility index (Phi) is 4.91. The van der Waals surface area contributed by atoms with Crippen molar-refractivity contribution in [3.8, 4) is 34.0 Å². The van der Waals surface area contributed by atoms with Gasteiger partial charge in [-0.05, 0) is 24.3 Å². The van der Waals surface area contributed by atoms with Crippen molar-refractivity contribution in [3.63, 3.8) is 0 Å². The molecule has 8 nitrogen and oxygen atoms in total. The molecule has 2 aromatic carbocycles. The monoisotopic (exact) mass is 469 g/mol. The normalized spacial score (nSPS) is 11.2. The summed E-state index contributed by atoms with van der Waals surface area (Å²) in [5.41, 5.74) is 9.10. The Morgan fingerprint density at radius 2 is 1.75 bits per heavy atom. The van der Waals surface area contributed by atoms with Gasteiger partial charge in [0.05, 0.1) is 15.7 Å².